The van der Waals surface area contributed by atoms with Gasteiger partial charge in [-0.25, -0.2) is 9.78 Å². The van der Waals surface area contributed by atoms with E-state index in [2.05, 4.69) is 20.0 Å². The Balaban J connectivity index is 2.04. The van der Waals surface area contributed by atoms with Crippen LogP contribution in [0.25, 0.3) is 11.0 Å². The summed E-state index contributed by atoms with van der Waals surface area (Å²) < 4.78 is 4.53. The molecule has 0 aliphatic rings. The summed E-state index contributed by atoms with van der Waals surface area (Å²) in [6.45, 7) is 0.428. The van der Waals surface area contributed by atoms with E-state index in [1.54, 1.807) is 6.07 Å². The zero-order valence-corrected chi connectivity index (χ0v) is 9.75. The SMILES string of the molecule is NC(=O)OCCNc1nc2ccc([N+](=O)[O-])cc2[nH]1. The number of aromatic amines is 1. The number of amides is 1. The van der Waals surface area contributed by atoms with Crippen LogP contribution in [0.3, 0.4) is 0 Å². The lowest BCUT2D eigenvalue weighted by Crippen LogP contribution is -2.18. The Morgan fingerprint density at radius 3 is 3.05 bits per heavy atom. The van der Waals surface area contributed by atoms with Gasteiger partial charge >= 0.3 is 6.09 Å². The van der Waals surface area contributed by atoms with Gasteiger partial charge in [0.2, 0.25) is 5.95 Å². The molecule has 0 bridgehead atoms. The first-order chi connectivity index (χ1) is 9.06. The topological polar surface area (TPSA) is 136 Å². The third-order valence-corrected chi connectivity index (χ3v) is 2.32. The van der Waals surface area contributed by atoms with Crippen molar-refractivity contribution in [2.24, 2.45) is 5.73 Å². The number of hydrogen-bond acceptors (Lipinski definition) is 6. The molecule has 1 aromatic carbocycles. The molecule has 0 saturated carbocycles. The monoisotopic (exact) mass is 265 g/mol. The van der Waals surface area contributed by atoms with E-state index in [-0.39, 0.29) is 12.3 Å². The maximum absolute atomic E-state index is 10.6. The molecule has 1 amide bonds. The van der Waals surface area contributed by atoms with E-state index < -0.39 is 11.0 Å². The number of nitrogens with zero attached hydrogens (tertiary/aromatic N) is 2. The fourth-order valence-electron chi connectivity index (χ4n) is 1.52. The maximum Gasteiger partial charge on any atom is 0.404 e. The van der Waals surface area contributed by atoms with Gasteiger partial charge in [0.1, 0.15) is 6.61 Å². The number of anilines is 1. The van der Waals surface area contributed by atoms with Gasteiger partial charge in [-0.05, 0) is 6.07 Å². The lowest BCUT2D eigenvalue weighted by molar-refractivity contribution is -0.384. The number of fused-ring (bicyclic) bond motifs is 1. The smallest absolute Gasteiger partial charge is 0.404 e. The summed E-state index contributed by atoms with van der Waals surface area (Å²) in [5.74, 6) is 0.434. The summed E-state index contributed by atoms with van der Waals surface area (Å²) in [5.41, 5.74) is 5.94. The van der Waals surface area contributed by atoms with E-state index >= 15 is 0 Å². The molecule has 0 saturated heterocycles. The van der Waals surface area contributed by atoms with Crippen LogP contribution in [-0.4, -0.2) is 34.1 Å². The summed E-state index contributed by atoms with van der Waals surface area (Å²) in [7, 11) is 0. The molecule has 100 valence electrons. The molecule has 0 radical (unpaired) electrons. The first kappa shape index (κ1) is 12.6. The minimum absolute atomic E-state index is 0.0141. The Morgan fingerprint density at radius 1 is 1.58 bits per heavy atom. The van der Waals surface area contributed by atoms with Gasteiger partial charge in [-0.1, -0.05) is 0 Å². The predicted molar refractivity (Wildman–Crippen MR) is 66.8 cm³/mol. The van der Waals surface area contributed by atoms with Crippen LogP contribution in [0, 0.1) is 10.1 Å². The van der Waals surface area contributed by atoms with Crippen molar-refractivity contribution >= 4 is 28.8 Å². The van der Waals surface area contributed by atoms with Crippen molar-refractivity contribution in [1.29, 1.82) is 0 Å². The summed E-state index contributed by atoms with van der Waals surface area (Å²) >= 11 is 0. The molecular formula is C10H11N5O4. The van der Waals surface area contributed by atoms with Crippen molar-refractivity contribution in [3.63, 3.8) is 0 Å². The molecule has 0 fully saturated rings. The number of benzene rings is 1. The van der Waals surface area contributed by atoms with E-state index in [1.807, 2.05) is 0 Å². The normalized spacial score (nSPS) is 10.3. The van der Waals surface area contributed by atoms with Crippen molar-refractivity contribution in [2.45, 2.75) is 0 Å². The largest absolute Gasteiger partial charge is 0.448 e. The number of nitro groups is 1. The van der Waals surface area contributed by atoms with Crippen LogP contribution >= 0.6 is 0 Å². The second-order valence-corrected chi connectivity index (χ2v) is 3.64. The number of non-ortho nitro benzene ring substituents is 1. The fourth-order valence-corrected chi connectivity index (χ4v) is 1.52. The molecule has 9 nitrogen and oxygen atoms in total. The van der Waals surface area contributed by atoms with E-state index in [4.69, 9.17) is 5.73 Å². The third-order valence-electron chi connectivity index (χ3n) is 2.32. The second-order valence-electron chi connectivity index (χ2n) is 3.64. The number of nitrogens with one attached hydrogen (secondary N) is 2. The summed E-state index contributed by atoms with van der Waals surface area (Å²) in [4.78, 5) is 27.5. The van der Waals surface area contributed by atoms with E-state index in [0.29, 0.717) is 23.5 Å². The quantitative estimate of drug-likeness (QED) is 0.418. The lowest BCUT2D eigenvalue weighted by atomic mass is 10.3. The highest BCUT2D eigenvalue weighted by molar-refractivity contribution is 5.79. The second kappa shape index (κ2) is 5.21. The number of imidazole rings is 1. The minimum atomic E-state index is -0.845. The van der Waals surface area contributed by atoms with Crippen molar-refractivity contribution in [3.05, 3.63) is 28.3 Å². The van der Waals surface area contributed by atoms with E-state index in [0.717, 1.165) is 0 Å². The molecular weight excluding hydrogens is 254 g/mol. The average Bonchev–Trinajstić information content (AvgIpc) is 2.75. The molecule has 1 aromatic heterocycles. The van der Waals surface area contributed by atoms with Crippen LogP contribution < -0.4 is 11.1 Å². The number of carbonyl (C=O) groups excluding carboxylic acids is 1. The Bertz CT molecular complexity index is 623. The Labute approximate surface area is 106 Å². The highest BCUT2D eigenvalue weighted by atomic mass is 16.6. The van der Waals surface area contributed by atoms with Crippen molar-refractivity contribution < 1.29 is 14.5 Å². The van der Waals surface area contributed by atoms with Crippen molar-refractivity contribution in [3.8, 4) is 0 Å². The summed E-state index contributed by atoms with van der Waals surface area (Å²) in [6, 6.07) is 4.33. The zero-order valence-electron chi connectivity index (χ0n) is 9.75. The lowest BCUT2D eigenvalue weighted by Gasteiger charge is -2.01. The number of primary amides is 1. The molecule has 0 unspecified atom stereocenters. The minimum Gasteiger partial charge on any atom is -0.448 e. The van der Waals surface area contributed by atoms with E-state index in [1.165, 1.54) is 12.1 Å². The van der Waals surface area contributed by atoms with Crippen molar-refractivity contribution in [1.82, 2.24) is 9.97 Å². The summed E-state index contributed by atoms with van der Waals surface area (Å²) in [5, 5.41) is 13.5. The number of ether oxygens (including phenoxy) is 1. The van der Waals surface area contributed by atoms with Crippen LogP contribution in [0.15, 0.2) is 18.2 Å². The van der Waals surface area contributed by atoms with Crippen LogP contribution in [0.1, 0.15) is 0 Å². The molecule has 9 heteroatoms. The van der Waals surface area contributed by atoms with Gasteiger partial charge in [-0.15, -0.1) is 0 Å². The maximum atomic E-state index is 10.6. The first-order valence-corrected chi connectivity index (χ1v) is 5.36. The van der Waals surface area contributed by atoms with Crippen LogP contribution in [0.5, 0.6) is 0 Å². The molecule has 0 atom stereocenters. The van der Waals surface area contributed by atoms with Gasteiger partial charge in [-0.3, -0.25) is 10.1 Å². The molecule has 1 heterocycles. The molecule has 0 aliphatic heterocycles. The zero-order chi connectivity index (χ0) is 13.8. The number of hydrogen-bond donors (Lipinski definition) is 3. The first-order valence-electron chi connectivity index (χ1n) is 5.36. The van der Waals surface area contributed by atoms with Gasteiger partial charge in [-0.2, -0.15) is 0 Å². The Morgan fingerprint density at radius 2 is 2.37 bits per heavy atom. The van der Waals surface area contributed by atoms with Crippen molar-refractivity contribution in [2.75, 3.05) is 18.5 Å². The van der Waals surface area contributed by atoms with Gasteiger partial charge in [0.15, 0.2) is 0 Å². The van der Waals surface area contributed by atoms with Gasteiger partial charge < -0.3 is 20.8 Å². The number of rotatable bonds is 5. The van der Waals surface area contributed by atoms with Gasteiger partial charge in [0.05, 0.1) is 22.5 Å². The molecule has 2 rings (SSSR count). The van der Waals surface area contributed by atoms with E-state index in [9.17, 15) is 14.9 Å². The molecule has 2 aromatic rings. The highest BCUT2D eigenvalue weighted by Crippen LogP contribution is 2.20. The third kappa shape index (κ3) is 3.09. The number of carbonyl (C=O) groups is 1. The standard InChI is InChI=1S/C10H11N5O4/c11-9(16)19-4-3-12-10-13-7-2-1-6(15(17)18)5-8(7)14-10/h1-2,5H,3-4H2,(H2,11,16)(H2,12,13,14). The summed E-state index contributed by atoms with van der Waals surface area (Å²) in [6.07, 6.45) is -0.845. The van der Waals surface area contributed by atoms with Gasteiger partial charge in [0, 0.05) is 12.1 Å². The van der Waals surface area contributed by atoms with Crippen LogP contribution in [0.2, 0.25) is 0 Å². The number of H-pyrrole nitrogens is 1. The molecule has 4 N–H and O–H groups in total. The number of aromatic nitrogens is 2. The van der Waals surface area contributed by atoms with Crippen LogP contribution in [-0.2, 0) is 4.74 Å². The predicted octanol–water partition coefficient (Wildman–Crippen LogP) is 0.978. The Hall–Kier alpha value is -2.84. The van der Waals surface area contributed by atoms with Crippen LogP contribution in [0.4, 0.5) is 16.4 Å². The fraction of sp³-hybridized carbons (Fsp3) is 0.200. The Kier molecular flexibility index (Phi) is 3.46. The van der Waals surface area contributed by atoms with Gasteiger partial charge in [0.25, 0.3) is 5.69 Å². The molecule has 19 heavy (non-hydrogen) atoms. The number of nitro benzene ring substituents is 1. The molecule has 0 spiro atoms. The average molecular weight is 265 g/mol. The molecule has 0 aliphatic carbocycles. The highest BCUT2D eigenvalue weighted by Gasteiger charge is 2.09. The number of nitrogens with two attached hydrogens (primary N) is 1.